The predicted octanol–water partition coefficient (Wildman–Crippen LogP) is 1.65. The average Bonchev–Trinajstić information content (AvgIpc) is 3.34. The second-order valence-corrected chi connectivity index (χ2v) is 7.33. The molecule has 0 amide bonds. The fourth-order valence-electron chi connectivity index (χ4n) is 3.40. The Labute approximate surface area is 185 Å². The normalized spacial score (nSPS) is 22.7. The Hall–Kier alpha value is -3.19. The van der Waals surface area contributed by atoms with Crippen molar-refractivity contribution in [3.63, 3.8) is 0 Å². The van der Waals surface area contributed by atoms with Gasteiger partial charge >= 0.3 is 0 Å². The highest BCUT2D eigenvalue weighted by Gasteiger charge is 2.44. The Balaban J connectivity index is 1.71. The molecule has 3 heterocycles. The maximum atomic E-state index is 10.4. The van der Waals surface area contributed by atoms with E-state index in [2.05, 4.69) is 30.3 Å². The van der Waals surface area contributed by atoms with Crippen LogP contribution in [-0.4, -0.2) is 66.9 Å². The monoisotopic (exact) mass is 462 g/mol. The maximum absolute atomic E-state index is 10.4. The van der Waals surface area contributed by atoms with E-state index in [1.54, 1.807) is 25.3 Å². The van der Waals surface area contributed by atoms with Gasteiger partial charge in [-0.15, -0.1) is 0 Å². The van der Waals surface area contributed by atoms with E-state index in [1.807, 2.05) is 0 Å². The first kappa shape index (κ1) is 22.0. The highest BCUT2D eigenvalue weighted by Crippen LogP contribution is 2.33. The molecule has 4 N–H and O–H groups in total. The van der Waals surface area contributed by atoms with Crippen LogP contribution in [0.2, 0.25) is 5.02 Å². The third-order valence-corrected chi connectivity index (χ3v) is 5.40. The standard InChI is InChI=1S/C18H19ClN8O5/c1-31-9-2-3-10(19)8(4-9)5-21-15-12-16(24-18(23-15)25-26-20)27(7-22-12)17-14(30)13(29)11(6-28)32-17/h2-4,7,11,13-14,17,28-30H,5-6H2,1H3,(H,21,23,24)/t11-,13-,14-,17-/m1/s1. The molecule has 1 saturated heterocycles. The minimum atomic E-state index is -1.34. The second kappa shape index (κ2) is 9.12. The van der Waals surface area contributed by atoms with Gasteiger partial charge in [-0.2, -0.15) is 0 Å². The van der Waals surface area contributed by atoms with Crippen molar-refractivity contribution in [2.24, 2.45) is 5.11 Å². The number of halogens is 1. The van der Waals surface area contributed by atoms with Crippen LogP contribution in [0.4, 0.5) is 11.8 Å². The molecule has 0 bridgehead atoms. The third-order valence-electron chi connectivity index (χ3n) is 5.03. The van der Waals surface area contributed by atoms with Crippen molar-refractivity contribution in [1.29, 1.82) is 0 Å². The van der Waals surface area contributed by atoms with Gasteiger partial charge in [0.15, 0.2) is 23.2 Å². The maximum Gasteiger partial charge on any atom is 0.220 e. The number of aliphatic hydroxyl groups excluding tert-OH is 3. The molecule has 0 spiro atoms. The molecule has 168 valence electrons. The van der Waals surface area contributed by atoms with Crippen LogP contribution < -0.4 is 10.1 Å². The average molecular weight is 463 g/mol. The van der Waals surface area contributed by atoms with Crippen molar-refractivity contribution in [3.8, 4) is 5.75 Å². The summed E-state index contributed by atoms with van der Waals surface area (Å²) in [5.41, 5.74) is 10.1. The van der Waals surface area contributed by atoms with Crippen LogP contribution in [0.25, 0.3) is 21.6 Å². The summed E-state index contributed by atoms with van der Waals surface area (Å²) in [6, 6.07) is 5.20. The summed E-state index contributed by atoms with van der Waals surface area (Å²) < 4.78 is 12.2. The molecule has 32 heavy (non-hydrogen) atoms. The zero-order chi connectivity index (χ0) is 22.8. The molecule has 0 saturated carbocycles. The minimum Gasteiger partial charge on any atom is -0.497 e. The van der Waals surface area contributed by atoms with Crippen LogP contribution in [-0.2, 0) is 11.3 Å². The van der Waals surface area contributed by atoms with Crippen molar-refractivity contribution >= 4 is 34.5 Å². The van der Waals surface area contributed by atoms with E-state index in [9.17, 15) is 15.3 Å². The second-order valence-electron chi connectivity index (χ2n) is 6.93. The zero-order valence-electron chi connectivity index (χ0n) is 16.7. The number of azide groups is 1. The number of hydrogen-bond donors (Lipinski definition) is 4. The van der Waals surface area contributed by atoms with E-state index in [4.69, 9.17) is 26.6 Å². The molecular formula is C18H19ClN8O5. The molecule has 0 unspecified atom stereocenters. The lowest BCUT2D eigenvalue weighted by atomic mass is 10.1. The summed E-state index contributed by atoms with van der Waals surface area (Å²) in [7, 11) is 1.55. The number of fused-ring (bicyclic) bond motifs is 1. The van der Waals surface area contributed by atoms with Crippen LogP contribution in [0, 0.1) is 0 Å². The fraction of sp³-hybridized carbons (Fsp3) is 0.389. The number of hydrogen-bond acceptors (Lipinski definition) is 10. The van der Waals surface area contributed by atoms with Gasteiger partial charge in [-0.1, -0.05) is 11.6 Å². The first-order valence-electron chi connectivity index (χ1n) is 9.45. The molecule has 3 aromatic rings. The van der Waals surface area contributed by atoms with Gasteiger partial charge in [-0.3, -0.25) is 4.57 Å². The molecule has 1 aliphatic rings. The molecular weight excluding hydrogens is 444 g/mol. The summed E-state index contributed by atoms with van der Waals surface area (Å²) in [6.45, 7) is -0.229. The number of anilines is 1. The van der Waals surface area contributed by atoms with Gasteiger partial charge in [-0.05, 0) is 34.4 Å². The minimum absolute atomic E-state index is 0.187. The molecule has 1 aliphatic heterocycles. The largest absolute Gasteiger partial charge is 0.497 e. The smallest absolute Gasteiger partial charge is 0.220 e. The third kappa shape index (κ3) is 4.00. The number of ether oxygens (including phenoxy) is 2. The predicted molar refractivity (Wildman–Crippen MR) is 112 cm³/mol. The van der Waals surface area contributed by atoms with E-state index >= 15 is 0 Å². The Morgan fingerprint density at radius 3 is 2.84 bits per heavy atom. The van der Waals surface area contributed by atoms with Crippen LogP contribution >= 0.6 is 11.6 Å². The van der Waals surface area contributed by atoms with Gasteiger partial charge in [0, 0.05) is 16.5 Å². The van der Waals surface area contributed by atoms with Crippen LogP contribution in [0.15, 0.2) is 29.6 Å². The number of rotatable bonds is 7. The molecule has 2 aromatic heterocycles. The molecule has 1 aromatic carbocycles. The van der Waals surface area contributed by atoms with Crippen LogP contribution in [0.3, 0.4) is 0 Å². The van der Waals surface area contributed by atoms with Crippen molar-refractivity contribution < 1.29 is 24.8 Å². The molecule has 13 nitrogen and oxygen atoms in total. The highest BCUT2D eigenvalue weighted by molar-refractivity contribution is 6.31. The van der Waals surface area contributed by atoms with Crippen molar-refractivity contribution in [1.82, 2.24) is 19.5 Å². The Morgan fingerprint density at radius 1 is 1.34 bits per heavy atom. The van der Waals surface area contributed by atoms with E-state index in [-0.39, 0.29) is 24.0 Å². The van der Waals surface area contributed by atoms with E-state index < -0.39 is 31.1 Å². The number of aromatic nitrogens is 4. The Kier molecular flexibility index (Phi) is 6.28. The first-order chi connectivity index (χ1) is 15.5. The van der Waals surface area contributed by atoms with E-state index in [0.717, 1.165) is 5.56 Å². The van der Waals surface area contributed by atoms with E-state index in [1.165, 1.54) is 10.9 Å². The Morgan fingerprint density at radius 2 is 2.16 bits per heavy atom. The number of benzene rings is 1. The van der Waals surface area contributed by atoms with Crippen molar-refractivity contribution in [2.75, 3.05) is 19.0 Å². The Bertz CT molecular complexity index is 1180. The highest BCUT2D eigenvalue weighted by atomic mass is 35.5. The SMILES string of the molecule is COc1ccc(Cl)c(CNc2nc(N=[N+]=[N-])nc3c2ncn3[C@@H]2O[C@H](CO)[C@@H](O)[C@H]2O)c1. The lowest BCUT2D eigenvalue weighted by molar-refractivity contribution is -0.0511. The number of imidazole rings is 1. The number of nitrogens with zero attached hydrogens (tertiary/aromatic N) is 7. The van der Waals surface area contributed by atoms with Crippen LogP contribution in [0.5, 0.6) is 5.75 Å². The van der Waals surface area contributed by atoms with Gasteiger partial charge in [0.1, 0.15) is 24.1 Å². The molecule has 0 aliphatic carbocycles. The summed E-state index contributed by atoms with van der Waals surface area (Å²) in [6.07, 6.45) is -3.33. The first-order valence-corrected chi connectivity index (χ1v) is 9.83. The number of aliphatic hydroxyl groups is 3. The van der Waals surface area contributed by atoms with Gasteiger partial charge < -0.3 is 30.1 Å². The van der Waals surface area contributed by atoms with Gasteiger partial charge in [-0.25, -0.2) is 15.0 Å². The summed E-state index contributed by atoms with van der Waals surface area (Å²) in [5.74, 6) is 0.692. The fourth-order valence-corrected chi connectivity index (χ4v) is 3.59. The number of nitrogens with one attached hydrogen (secondary N) is 1. The molecule has 4 atom stereocenters. The zero-order valence-corrected chi connectivity index (χ0v) is 17.5. The van der Waals surface area contributed by atoms with Gasteiger partial charge in [0.2, 0.25) is 5.95 Å². The molecule has 14 heteroatoms. The molecule has 1 fully saturated rings. The topological polar surface area (TPSA) is 184 Å². The van der Waals surface area contributed by atoms with Gasteiger partial charge in [0.05, 0.1) is 20.0 Å². The lowest BCUT2D eigenvalue weighted by Crippen LogP contribution is -2.33. The lowest BCUT2D eigenvalue weighted by Gasteiger charge is -2.17. The summed E-state index contributed by atoms with van der Waals surface area (Å²) >= 11 is 6.26. The summed E-state index contributed by atoms with van der Waals surface area (Å²) in [5, 5.41) is 36.9. The molecule has 4 rings (SSSR count). The summed E-state index contributed by atoms with van der Waals surface area (Å²) in [4.78, 5) is 15.4. The molecule has 0 radical (unpaired) electrons. The van der Waals surface area contributed by atoms with Gasteiger partial charge in [0.25, 0.3) is 0 Å². The van der Waals surface area contributed by atoms with Crippen LogP contribution in [0.1, 0.15) is 11.8 Å². The van der Waals surface area contributed by atoms with E-state index in [0.29, 0.717) is 16.3 Å². The van der Waals surface area contributed by atoms with Crippen molar-refractivity contribution in [3.05, 3.63) is 45.6 Å². The number of methoxy groups -OCH3 is 1. The van der Waals surface area contributed by atoms with Crippen molar-refractivity contribution in [2.45, 2.75) is 31.1 Å². The quantitative estimate of drug-likeness (QED) is 0.230.